The molecule has 1 fully saturated rings. The van der Waals surface area contributed by atoms with Crippen molar-refractivity contribution in [3.8, 4) is 5.75 Å². The quantitative estimate of drug-likeness (QED) is 0.0998. The van der Waals surface area contributed by atoms with Gasteiger partial charge in [-0.15, -0.1) is 0 Å². The third-order valence-corrected chi connectivity index (χ3v) is 8.58. The van der Waals surface area contributed by atoms with Crippen molar-refractivity contribution in [3.05, 3.63) is 23.8 Å². The molecule has 1 saturated heterocycles. The van der Waals surface area contributed by atoms with Crippen molar-refractivity contribution in [3.63, 3.8) is 0 Å². The number of cyclic esters (lactones) is 4. The second kappa shape index (κ2) is 18.0. The lowest BCUT2D eigenvalue weighted by atomic mass is 9.81. The summed E-state index contributed by atoms with van der Waals surface area (Å²) in [6.07, 6.45) is -5.62. The Bertz CT molecular complexity index is 1470. The van der Waals surface area contributed by atoms with Crippen LogP contribution in [-0.2, 0) is 47.7 Å². The maximum absolute atomic E-state index is 14.0. The number of aromatic hydroxyl groups is 1. The maximum atomic E-state index is 14.0. The highest BCUT2D eigenvalue weighted by atomic mass is 16.6. The summed E-state index contributed by atoms with van der Waals surface area (Å²) >= 11 is 0. The fourth-order valence-corrected chi connectivity index (χ4v) is 5.21. The number of nitrogen functional groups attached to an aromatic ring is 1. The Kier molecular flexibility index (Phi) is 15.0. The zero-order valence-electron chi connectivity index (χ0n) is 31.1. The Morgan fingerprint density at radius 1 is 0.902 bits per heavy atom. The number of rotatable bonds is 8. The van der Waals surface area contributed by atoms with Crippen LogP contribution in [0.1, 0.15) is 98.9 Å². The lowest BCUT2D eigenvalue weighted by Gasteiger charge is -2.32. The molecule has 0 aliphatic carbocycles. The van der Waals surface area contributed by atoms with E-state index in [0.29, 0.717) is 6.42 Å². The van der Waals surface area contributed by atoms with E-state index >= 15 is 0 Å². The van der Waals surface area contributed by atoms with Gasteiger partial charge in [0, 0.05) is 5.92 Å². The Hall–Kier alpha value is -4.69. The third kappa shape index (κ3) is 11.1. The largest absolute Gasteiger partial charge is 0.505 e. The Morgan fingerprint density at radius 2 is 1.51 bits per heavy atom. The molecule has 51 heavy (non-hydrogen) atoms. The SMILES string of the molecule is CCC(C)C1OC(=O)[C@H](C)OC(=O)C(NC(=O)c2cccc(N)c2O)[C@@H](C)OC(=O)[C@H](CC(C)C)OC(=O)C(C)(C)C(=O)C(CC(C)C)NC1=O. The monoisotopic (exact) mass is 719 g/mol. The van der Waals surface area contributed by atoms with Crippen molar-refractivity contribution in [1.82, 2.24) is 10.6 Å². The Labute approximate surface area is 298 Å². The van der Waals surface area contributed by atoms with Gasteiger partial charge in [-0.05, 0) is 70.9 Å². The van der Waals surface area contributed by atoms with Crippen LogP contribution in [0.5, 0.6) is 5.75 Å². The van der Waals surface area contributed by atoms with Gasteiger partial charge < -0.3 is 40.4 Å². The molecule has 1 aliphatic heterocycles. The van der Waals surface area contributed by atoms with E-state index in [4.69, 9.17) is 24.7 Å². The molecule has 5 N–H and O–H groups in total. The van der Waals surface area contributed by atoms with Crippen LogP contribution in [0.15, 0.2) is 18.2 Å². The standard InChI is InChI=1S/C36H53N3O12/c1-11-19(6)28-31(43)38-24(15-17(2)3)29(41)36(9,10)35(47)50-25(16-18(4)5)33(45)48-20(7)26(34(46)49-21(8)32(44)51-28)39-30(42)22-13-12-14-23(37)27(22)40/h12-14,17-21,24-26,28,40H,11,15-16,37H2,1-10H3,(H,38,43)(H,39,42)/t19?,20-,21+,24?,25+,26?,28?/m1/s1. The number of amides is 2. The molecule has 1 aromatic carbocycles. The highest BCUT2D eigenvalue weighted by Crippen LogP contribution is 2.28. The fourth-order valence-electron chi connectivity index (χ4n) is 5.21. The molecule has 7 atom stereocenters. The molecule has 284 valence electrons. The number of benzene rings is 1. The molecule has 2 amide bonds. The number of nitrogens with two attached hydrogens (primary N) is 1. The van der Waals surface area contributed by atoms with E-state index in [0.717, 1.165) is 0 Å². The van der Waals surface area contributed by atoms with Crippen LogP contribution in [0, 0.1) is 23.2 Å². The normalized spacial score (nSPS) is 26.2. The summed E-state index contributed by atoms with van der Waals surface area (Å²) in [6.45, 7) is 15.7. The van der Waals surface area contributed by atoms with Gasteiger partial charge >= 0.3 is 23.9 Å². The van der Waals surface area contributed by atoms with Crippen molar-refractivity contribution >= 4 is 47.2 Å². The van der Waals surface area contributed by atoms with Crippen LogP contribution < -0.4 is 16.4 Å². The van der Waals surface area contributed by atoms with Crippen LogP contribution in [0.25, 0.3) is 0 Å². The van der Waals surface area contributed by atoms with Crippen LogP contribution in [-0.4, -0.2) is 83.1 Å². The van der Waals surface area contributed by atoms with Gasteiger partial charge in [-0.1, -0.05) is 47.6 Å². The molecule has 15 nitrogen and oxygen atoms in total. The summed E-state index contributed by atoms with van der Waals surface area (Å²) in [4.78, 5) is 95.0. The van der Waals surface area contributed by atoms with Gasteiger partial charge in [-0.25, -0.2) is 14.4 Å². The number of carbonyl (C=O) groups excluding carboxylic acids is 7. The van der Waals surface area contributed by atoms with Gasteiger partial charge in [0.1, 0.15) is 11.5 Å². The van der Waals surface area contributed by atoms with E-state index in [1.807, 2.05) is 13.8 Å². The van der Waals surface area contributed by atoms with E-state index in [1.54, 1.807) is 27.7 Å². The summed E-state index contributed by atoms with van der Waals surface area (Å²) < 4.78 is 22.1. The Balaban J connectivity index is 2.67. The average Bonchev–Trinajstić information content (AvgIpc) is 3.04. The molecule has 4 unspecified atom stereocenters. The predicted molar refractivity (Wildman–Crippen MR) is 184 cm³/mol. The topological polar surface area (TPSA) is 227 Å². The van der Waals surface area contributed by atoms with E-state index < -0.39 is 95.1 Å². The molecule has 0 radical (unpaired) electrons. The number of ether oxygens (including phenoxy) is 4. The fraction of sp³-hybridized carbons (Fsp3) is 0.639. The van der Waals surface area contributed by atoms with E-state index in [2.05, 4.69) is 10.6 Å². The van der Waals surface area contributed by atoms with Gasteiger partial charge in [0.25, 0.3) is 11.8 Å². The number of phenolic OH excluding ortho intramolecular Hbond substituents is 1. The first-order valence-corrected chi connectivity index (χ1v) is 17.2. The van der Waals surface area contributed by atoms with E-state index in [9.17, 15) is 38.7 Å². The molecular weight excluding hydrogens is 666 g/mol. The number of hydrogen-bond acceptors (Lipinski definition) is 13. The minimum absolute atomic E-state index is 0.0359. The first-order chi connectivity index (χ1) is 23.6. The predicted octanol–water partition coefficient (Wildman–Crippen LogP) is 2.99. The number of esters is 4. The van der Waals surface area contributed by atoms with Crippen molar-refractivity contribution < 1.29 is 57.6 Å². The summed E-state index contributed by atoms with van der Waals surface area (Å²) in [5.41, 5.74) is 3.42. The number of hydrogen-bond donors (Lipinski definition) is 4. The third-order valence-electron chi connectivity index (χ3n) is 8.58. The second-order valence-corrected chi connectivity index (χ2v) is 14.4. The number of Topliss-reactive ketones (excluding diaryl/α,β-unsaturated/α-hetero) is 1. The molecule has 0 aromatic heterocycles. The molecule has 1 aromatic rings. The lowest BCUT2D eigenvalue weighted by molar-refractivity contribution is -0.183. The maximum Gasteiger partial charge on any atom is 0.347 e. The number of nitrogens with one attached hydrogen (secondary N) is 2. The minimum atomic E-state index is -1.86. The van der Waals surface area contributed by atoms with Crippen molar-refractivity contribution in [2.45, 2.75) is 125 Å². The van der Waals surface area contributed by atoms with Gasteiger partial charge in [0.2, 0.25) is 0 Å². The molecule has 1 aliphatic rings. The highest BCUT2D eigenvalue weighted by Gasteiger charge is 2.46. The highest BCUT2D eigenvalue weighted by molar-refractivity contribution is 6.07. The molecular formula is C36H53N3O12. The van der Waals surface area contributed by atoms with Gasteiger partial charge in [-0.2, -0.15) is 0 Å². The Morgan fingerprint density at radius 3 is 2.08 bits per heavy atom. The molecule has 2 rings (SSSR count). The van der Waals surface area contributed by atoms with Crippen molar-refractivity contribution in [2.24, 2.45) is 23.2 Å². The molecule has 0 spiro atoms. The first kappa shape index (κ1) is 42.5. The van der Waals surface area contributed by atoms with Gasteiger partial charge in [0.15, 0.2) is 35.9 Å². The zero-order valence-corrected chi connectivity index (χ0v) is 31.1. The average molecular weight is 720 g/mol. The smallest absolute Gasteiger partial charge is 0.347 e. The summed E-state index contributed by atoms with van der Waals surface area (Å²) in [7, 11) is 0. The molecule has 0 bridgehead atoms. The zero-order chi connectivity index (χ0) is 39.0. The molecule has 0 saturated carbocycles. The first-order valence-electron chi connectivity index (χ1n) is 17.2. The number of ketones is 1. The minimum Gasteiger partial charge on any atom is -0.505 e. The van der Waals surface area contributed by atoms with Gasteiger partial charge in [-0.3, -0.25) is 19.2 Å². The number of phenols is 1. The van der Waals surface area contributed by atoms with Crippen molar-refractivity contribution in [1.29, 1.82) is 0 Å². The number of carbonyl (C=O) groups is 7. The van der Waals surface area contributed by atoms with E-state index in [1.165, 1.54) is 45.9 Å². The number of para-hydroxylation sites is 1. The lowest BCUT2D eigenvalue weighted by Crippen LogP contribution is -2.55. The summed E-state index contributed by atoms with van der Waals surface area (Å²) in [6, 6.07) is 0.988. The summed E-state index contributed by atoms with van der Waals surface area (Å²) in [5, 5.41) is 15.4. The van der Waals surface area contributed by atoms with Crippen LogP contribution in [0.4, 0.5) is 5.69 Å². The molecule has 15 heteroatoms. The van der Waals surface area contributed by atoms with Crippen LogP contribution in [0.2, 0.25) is 0 Å². The van der Waals surface area contributed by atoms with Gasteiger partial charge in [0.05, 0.1) is 17.3 Å². The summed E-state index contributed by atoms with van der Waals surface area (Å²) in [5.74, 6) is -8.45. The second-order valence-electron chi connectivity index (χ2n) is 14.4. The van der Waals surface area contributed by atoms with E-state index in [-0.39, 0.29) is 35.9 Å². The van der Waals surface area contributed by atoms with Crippen LogP contribution >= 0.6 is 0 Å². The van der Waals surface area contributed by atoms with Crippen LogP contribution in [0.3, 0.4) is 0 Å². The number of anilines is 1. The van der Waals surface area contributed by atoms with Crippen molar-refractivity contribution in [2.75, 3.05) is 5.73 Å². The molecule has 1 heterocycles.